The average molecular weight is 696 g/mol. The number of ketones is 1. The molecule has 51 heavy (non-hydrogen) atoms. The van der Waals surface area contributed by atoms with Gasteiger partial charge in [-0.1, -0.05) is 18.2 Å². The number of methoxy groups -OCH3 is 1. The Labute approximate surface area is 296 Å². The second-order valence-corrected chi connectivity index (χ2v) is 13.3. The van der Waals surface area contributed by atoms with E-state index in [0.29, 0.717) is 46.2 Å². The number of phenolic OH excluding ortho intramolecular Hbond substituents is 2. The number of carbonyl (C=O) groups is 3. The summed E-state index contributed by atoms with van der Waals surface area (Å²) in [5, 5.41) is 33.0. The van der Waals surface area contributed by atoms with Crippen LogP contribution in [0.25, 0.3) is 6.08 Å². The van der Waals surface area contributed by atoms with E-state index in [1.165, 1.54) is 25.1 Å². The van der Waals surface area contributed by atoms with Gasteiger partial charge in [0, 0.05) is 37.1 Å². The molecule has 0 fully saturated rings. The van der Waals surface area contributed by atoms with Gasteiger partial charge in [-0.15, -0.1) is 0 Å². The Morgan fingerprint density at radius 2 is 1.59 bits per heavy atom. The van der Waals surface area contributed by atoms with Crippen molar-refractivity contribution in [1.29, 1.82) is 0 Å². The summed E-state index contributed by atoms with van der Waals surface area (Å²) in [6.45, 7) is 8.93. The standard InChI is InChI=1S/C25H28O6.C15H13NO4/c1-24(2)9-8-16-20(30-24)7-6-14(23(16)29-5)11-18(26)17-10-15-12-22(28)25(3,4)31-21(15)13-19(17)27;1-10(17)16-11-6-8-12(9-7-11)20-15(19)13-4-2-3-5-14(13)18/h6-10,13,22,27-28H,11-12H2,1-5H3;2-9,18H,1H3,(H,16,17). The van der Waals surface area contributed by atoms with E-state index in [1.54, 1.807) is 63.4 Å². The van der Waals surface area contributed by atoms with E-state index in [0.717, 1.165) is 5.56 Å². The van der Waals surface area contributed by atoms with Gasteiger partial charge in [0.25, 0.3) is 0 Å². The molecule has 2 aliphatic heterocycles. The Morgan fingerprint density at radius 1 is 0.882 bits per heavy atom. The number of esters is 1. The second-order valence-electron chi connectivity index (χ2n) is 13.3. The Balaban J connectivity index is 0.000000218. The van der Waals surface area contributed by atoms with Gasteiger partial charge in [-0.05, 0) is 93.9 Å². The van der Waals surface area contributed by atoms with E-state index in [1.807, 2.05) is 38.1 Å². The van der Waals surface area contributed by atoms with Crippen molar-refractivity contribution >= 4 is 29.4 Å². The van der Waals surface area contributed by atoms with Gasteiger partial charge in [0.05, 0.1) is 24.3 Å². The van der Waals surface area contributed by atoms with Crippen molar-refractivity contribution in [2.24, 2.45) is 0 Å². The first-order chi connectivity index (χ1) is 24.1. The van der Waals surface area contributed by atoms with Crippen molar-refractivity contribution < 1.29 is 48.7 Å². The molecule has 0 aromatic heterocycles. The number of rotatable bonds is 7. The van der Waals surface area contributed by atoms with Crippen molar-refractivity contribution in [2.45, 2.75) is 64.8 Å². The Morgan fingerprint density at radius 3 is 2.25 bits per heavy atom. The minimum Gasteiger partial charge on any atom is -0.507 e. The Bertz CT molecular complexity index is 2000. The number of Topliss-reactive ketones (excluding diaryl/α,β-unsaturated/α-hetero) is 1. The highest BCUT2D eigenvalue weighted by Gasteiger charge is 2.36. The number of aliphatic hydroxyl groups is 1. The minimum absolute atomic E-state index is 0.0505. The van der Waals surface area contributed by atoms with E-state index in [2.05, 4.69) is 5.32 Å². The van der Waals surface area contributed by atoms with Gasteiger partial charge in [0.1, 0.15) is 51.3 Å². The highest BCUT2D eigenvalue weighted by atomic mass is 16.5. The molecule has 1 atom stereocenters. The number of hydrogen-bond donors (Lipinski definition) is 4. The van der Waals surface area contributed by atoms with Crippen LogP contribution >= 0.6 is 0 Å². The third kappa shape index (κ3) is 8.50. The summed E-state index contributed by atoms with van der Waals surface area (Å²) in [5.41, 5.74) is 1.93. The molecular formula is C40H41NO10. The first kappa shape index (κ1) is 36.5. The molecule has 0 radical (unpaired) electrons. The number of nitrogens with one attached hydrogen (secondary N) is 1. The molecule has 11 nitrogen and oxygen atoms in total. The molecule has 0 bridgehead atoms. The molecule has 0 saturated heterocycles. The SMILES string of the molecule is CC(=O)Nc1ccc(OC(=O)c2ccccc2O)cc1.COc1c(CC(=O)c2cc3c(cc2O)OC(C)(C)C(O)C3)ccc2c1C=CC(C)(C)O2. The number of ether oxygens (including phenoxy) is 4. The summed E-state index contributed by atoms with van der Waals surface area (Å²) >= 11 is 0. The molecule has 0 saturated carbocycles. The molecule has 1 amide bonds. The predicted molar refractivity (Wildman–Crippen MR) is 191 cm³/mol. The van der Waals surface area contributed by atoms with Crippen LogP contribution in [0, 0.1) is 0 Å². The summed E-state index contributed by atoms with van der Waals surface area (Å²) in [6, 6.07) is 19.2. The van der Waals surface area contributed by atoms with E-state index in [-0.39, 0.29) is 40.7 Å². The number of anilines is 1. The number of fused-ring (bicyclic) bond motifs is 2. The summed E-state index contributed by atoms with van der Waals surface area (Å²) in [6.07, 6.45) is 3.59. The maximum atomic E-state index is 13.1. The van der Waals surface area contributed by atoms with Crippen molar-refractivity contribution in [1.82, 2.24) is 0 Å². The topological polar surface area (TPSA) is 161 Å². The lowest BCUT2D eigenvalue weighted by Crippen LogP contribution is -2.46. The quantitative estimate of drug-likeness (QED) is 0.0936. The Hall–Kier alpha value is -5.81. The molecular weight excluding hydrogens is 654 g/mol. The molecule has 0 aliphatic carbocycles. The van der Waals surface area contributed by atoms with Gasteiger partial charge in [-0.2, -0.15) is 0 Å². The van der Waals surface area contributed by atoms with E-state index in [4.69, 9.17) is 18.9 Å². The lowest BCUT2D eigenvalue weighted by Gasteiger charge is -2.37. The van der Waals surface area contributed by atoms with Crippen molar-refractivity contribution in [3.63, 3.8) is 0 Å². The smallest absolute Gasteiger partial charge is 0.347 e. The predicted octanol–water partition coefficient (Wildman–Crippen LogP) is 6.65. The fourth-order valence-electron chi connectivity index (χ4n) is 5.64. The van der Waals surface area contributed by atoms with Crippen LogP contribution in [-0.4, -0.2) is 57.4 Å². The van der Waals surface area contributed by atoms with Crippen LogP contribution in [-0.2, 0) is 17.6 Å². The van der Waals surface area contributed by atoms with Crippen LogP contribution in [0.5, 0.6) is 34.5 Å². The molecule has 4 N–H and O–H groups in total. The van der Waals surface area contributed by atoms with Gasteiger partial charge in [0.15, 0.2) is 5.78 Å². The van der Waals surface area contributed by atoms with Gasteiger partial charge in [0.2, 0.25) is 5.91 Å². The maximum absolute atomic E-state index is 13.1. The zero-order valence-corrected chi connectivity index (χ0v) is 29.3. The number of hydrogen-bond acceptors (Lipinski definition) is 10. The molecule has 2 heterocycles. The summed E-state index contributed by atoms with van der Waals surface area (Å²) in [4.78, 5) is 35.8. The number of benzene rings is 4. The number of para-hydroxylation sites is 1. The third-order valence-corrected chi connectivity index (χ3v) is 8.39. The fraction of sp³-hybridized carbons (Fsp3) is 0.275. The molecule has 4 aromatic rings. The minimum atomic E-state index is -0.758. The zero-order chi connectivity index (χ0) is 37.1. The van der Waals surface area contributed by atoms with Crippen LogP contribution in [0.15, 0.2) is 78.9 Å². The van der Waals surface area contributed by atoms with Crippen LogP contribution < -0.4 is 24.3 Å². The molecule has 2 aliphatic rings. The largest absolute Gasteiger partial charge is 0.507 e. The molecule has 1 unspecified atom stereocenters. The highest BCUT2D eigenvalue weighted by Crippen LogP contribution is 2.41. The van der Waals surface area contributed by atoms with Gasteiger partial charge >= 0.3 is 5.97 Å². The number of amides is 1. The number of carbonyl (C=O) groups excluding carboxylic acids is 3. The molecule has 6 rings (SSSR count). The van der Waals surface area contributed by atoms with Crippen LogP contribution in [0.3, 0.4) is 0 Å². The van der Waals surface area contributed by atoms with Crippen molar-refractivity contribution in [3.8, 4) is 34.5 Å². The van der Waals surface area contributed by atoms with Crippen molar-refractivity contribution in [2.75, 3.05) is 12.4 Å². The van der Waals surface area contributed by atoms with Gasteiger partial charge in [-0.3, -0.25) is 9.59 Å². The Kier molecular flexibility index (Phi) is 10.4. The number of aliphatic hydroxyl groups excluding tert-OH is 1. The summed E-state index contributed by atoms with van der Waals surface area (Å²) in [5.74, 6) is 0.748. The zero-order valence-electron chi connectivity index (χ0n) is 29.3. The molecule has 266 valence electrons. The number of aromatic hydroxyl groups is 2. The van der Waals surface area contributed by atoms with E-state index in [9.17, 15) is 29.7 Å². The van der Waals surface area contributed by atoms with Crippen LogP contribution in [0.4, 0.5) is 5.69 Å². The molecule has 0 spiro atoms. The highest BCUT2D eigenvalue weighted by molar-refractivity contribution is 6.01. The normalized spacial score (nSPS) is 16.1. The van der Waals surface area contributed by atoms with Crippen LogP contribution in [0.1, 0.15) is 72.0 Å². The number of phenols is 2. The monoisotopic (exact) mass is 695 g/mol. The fourth-order valence-corrected chi connectivity index (χ4v) is 5.64. The lowest BCUT2D eigenvalue weighted by molar-refractivity contribution is -0.114. The molecule has 11 heteroatoms. The van der Waals surface area contributed by atoms with E-state index >= 15 is 0 Å². The van der Waals surface area contributed by atoms with E-state index < -0.39 is 23.3 Å². The molecule has 4 aromatic carbocycles. The first-order valence-corrected chi connectivity index (χ1v) is 16.3. The van der Waals surface area contributed by atoms with Crippen molar-refractivity contribution in [3.05, 3.63) is 107 Å². The third-order valence-electron chi connectivity index (χ3n) is 8.39. The summed E-state index contributed by atoms with van der Waals surface area (Å²) in [7, 11) is 1.56. The van der Waals surface area contributed by atoms with Gasteiger partial charge in [-0.25, -0.2) is 4.79 Å². The average Bonchev–Trinajstić information content (AvgIpc) is 3.06. The lowest BCUT2D eigenvalue weighted by atomic mass is 9.89. The second kappa shape index (κ2) is 14.6. The first-order valence-electron chi connectivity index (χ1n) is 16.3. The maximum Gasteiger partial charge on any atom is 0.347 e. The summed E-state index contributed by atoms with van der Waals surface area (Å²) < 4.78 is 22.5. The van der Waals surface area contributed by atoms with Gasteiger partial charge < -0.3 is 39.6 Å². The van der Waals surface area contributed by atoms with Crippen LogP contribution in [0.2, 0.25) is 0 Å².